The second kappa shape index (κ2) is 7.58. The molecule has 0 spiro atoms. The van der Waals surface area contributed by atoms with Crippen molar-refractivity contribution in [2.75, 3.05) is 11.9 Å². The van der Waals surface area contributed by atoms with Crippen molar-refractivity contribution in [2.45, 2.75) is 19.3 Å². The van der Waals surface area contributed by atoms with E-state index in [2.05, 4.69) is 10.6 Å². The molecule has 3 N–H and O–H groups in total. The van der Waals surface area contributed by atoms with E-state index in [-0.39, 0.29) is 17.1 Å². The molecule has 0 fully saturated rings. The Morgan fingerprint density at radius 3 is 2.74 bits per heavy atom. The molecule has 1 aromatic rings. The summed E-state index contributed by atoms with van der Waals surface area (Å²) in [6.45, 7) is 0.321. The van der Waals surface area contributed by atoms with E-state index in [1.54, 1.807) is 0 Å². The molecular formula is C12H14ClFN2O3. The molecule has 1 rings (SSSR count). The number of carboxylic acids is 1. The summed E-state index contributed by atoms with van der Waals surface area (Å²) in [4.78, 5) is 21.7. The zero-order valence-electron chi connectivity index (χ0n) is 10.1. The maximum atomic E-state index is 13.5. The van der Waals surface area contributed by atoms with Crippen molar-refractivity contribution in [2.24, 2.45) is 0 Å². The summed E-state index contributed by atoms with van der Waals surface area (Å²) in [7, 11) is 0. The first kappa shape index (κ1) is 15.2. The Balaban J connectivity index is 2.31. The van der Waals surface area contributed by atoms with Gasteiger partial charge in [0, 0.05) is 13.0 Å². The predicted octanol–water partition coefficient (Wildman–Crippen LogP) is 2.86. The average molecular weight is 289 g/mol. The number of halogens is 2. The minimum Gasteiger partial charge on any atom is -0.481 e. The van der Waals surface area contributed by atoms with Crippen LogP contribution in [-0.4, -0.2) is 23.7 Å². The van der Waals surface area contributed by atoms with Gasteiger partial charge in [0.1, 0.15) is 0 Å². The summed E-state index contributed by atoms with van der Waals surface area (Å²) >= 11 is 5.57. The lowest BCUT2D eigenvalue weighted by atomic mass is 10.2. The first-order chi connectivity index (χ1) is 9.00. The molecule has 0 radical (unpaired) electrons. The highest BCUT2D eigenvalue weighted by Gasteiger charge is 2.08. The maximum absolute atomic E-state index is 13.5. The smallest absolute Gasteiger partial charge is 0.319 e. The first-order valence-electron chi connectivity index (χ1n) is 5.71. The third-order valence-corrected chi connectivity index (χ3v) is 2.59. The van der Waals surface area contributed by atoms with Crippen molar-refractivity contribution in [1.82, 2.24) is 5.32 Å². The van der Waals surface area contributed by atoms with Crippen molar-refractivity contribution in [1.29, 1.82) is 0 Å². The number of carboxylic acid groups (broad SMARTS) is 1. The minimum atomic E-state index is -0.870. The minimum absolute atomic E-state index is 0.00413. The fourth-order valence-electron chi connectivity index (χ4n) is 1.37. The van der Waals surface area contributed by atoms with E-state index in [1.807, 2.05) is 0 Å². The summed E-state index contributed by atoms with van der Waals surface area (Å²) in [5.74, 6) is -1.56. The summed E-state index contributed by atoms with van der Waals surface area (Å²) in [5, 5.41) is 13.2. The summed E-state index contributed by atoms with van der Waals surface area (Å²) < 4.78 is 13.5. The van der Waals surface area contributed by atoms with Crippen LogP contribution in [0.2, 0.25) is 5.02 Å². The van der Waals surface area contributed by atoms with Crippen LogP contribution in [0, 0.1) is 5.82 Å². The fourth-order valence-corrected chi connectivity index (χ4v) is 1.54. The molecule has 0 saturated carbocycles. The topological polar surface area (TPSA) is 78.4 Å². The van der Waals surface area contributed by atoms with Gasteiger partial charge in [0.25, 0.3) is 0 Å². The molecular weight excluding hydrogens is 275 g/mol. The molecule has 0 unspecified atom stereocenters. The van der Waals surface area contributed by atoms with E-state index >= 15 is 0 Å². The van der Waals surface area contributed by atoms with Crippen LogP contribution in [-0.2, 0) is 4.79 Å². The molecule has 0 atom stereocenters. The molecule has 5 nitrogen and oxygen atoms in total. The molecule has 0 bridgehead atoms. The number of aliphatic carboxylic acids is 1. The third-order valence-electron chi connectivity index (χ3n) is 2.30. The van der Waals surface area contributed by atoms with E-state index in [0.717, 1.165) is 0 Å². The van der Waals surface area contributed by atoms with Gasteiger partial charge in [-0.15, -0.1) is 0 Å². The van der Waals surface area contributed by atoms with Crippen molar-refractivity contribution in [3.05, 3.63) is 29.0 Å². The standard InChI is InChI=1S/C12H14ClFN2O3/c13-8-4-3-5-9(11(8)14)16-12(19)15-7-2-1-6-10(17)18/h3-5H,1-2,6-7H2,(H,17,18)(H2,15,16,19). The van der Waals surface area contributed by atoms with E-state index < -0.39 is 17.8 Å². The molecule has 1 aromatic carbocycles. The van der Waals surface area contributed by atoms with Crippen molar-refractivity contribution in [3.8, 4) is 0 Å². The normalized spacial score (nSPS) is 10.0. The Labute approximate surface area is 114 Å². The highest BCUT2D eigenvalue weighted by molar-refractivity contribution is 6.31. The van der Waals surface area contributed by atoms with E-state index in [1.165, 1.54) is 18.2 Å². The molecule has 0 aromatic heterocycles. The van der Waals surface area contributed by atoms with Gasteiger partial charge in [-0.2, -0.15) is 0 Å². The number of unbranched alkanes of at least 4 members (excludes halogenated alkanes) is 1. The van der Waals surface area contributed by atoms with Crippen LogP contribution in [0.25, 0.3) is 0 Å². The van der Waals surface area contributed by atoms with Gasteiger partial charge in [-0.3, -0.25) is 4.79 Å². The number of carbonyl (C=O) groups excluding carboxylic acids is 1. The second-order valence-electron chi connectivity index (χ2n) is 3.83. The van der Waals surface area contributed by atoms with Gasteiger partial charge in [0.05, 0.1) is 10.7 Å². The molecule has 0 saturated heterocycles. The SMILES string of the molecule is O=C(O)CCCCNC(=O)Nc1cccc(Cl)c1F. The van der Waals surface area contributed by atoms with Crippen molar-refractivity contribution in [3.63, 3.8) is 0 Å². The predicted molar refractivity (Wildman–Crippen MR) is 69.9 cm³/mol. The molecule has 7 heteroatoms. The highest BCUT2D eigenvalue weighted by Crippen LogP contribution is 2.21. The fraction of sp³-hybridized carbons (Fsp3) is 0.333. The molecule has 0 aliphatic carbocycles. The lowest BCUT2D eigenvalue weighted by Gasteiger charge is -2.08. The number of carbonyl (C=O) groups is 2. The molecule has 0 aliphatic rings. The summed E-state index contributed by atoms with van der Waals surface area (Å²) in [6.07, 6.45) is 1.07. The van der Waals surface area contributed by atoms with Crippen LogP contribution in [0.15, 0.2) is 18.2 Å². The summed E-state index contributed by atoms with van der Waals surface area (Å²) in [5.41, 5.74) is -0.00413. The Kier molecular flexibility index (Phi) is 6.08. The molecule has 19 heavy (non-hydrogen) atoms. The lowest BCUT2D eigenvalue weighted by molar-refractivity contribution is -0.137. The van der Waals surface area contributed by atoms with E-state index in [0.29, 0.717) is 19.4 Å². The second-order valence-corrected chi connectivity index (χ2v) is 4.24. The number of nitrogens with one attached hydrogen (secondary N) is 2. The quantitative estimate of drug-likeness (QED) is 0.704. The van der Waals surface area contributed by atoms with Gasteiger partial charge >= 0.3 is 12.0 Å². The number of hydrogen-bond donors (Lipinski definition) is 3. The first-order valence-corrected chi connectivity index (χ1v) is 6.09. The Bertz CT molecular complexity index is 468. The zero-order chi connectivity index (χ0) is 14.3. The van der Waals surface area contributed by atoms with Crippen LogP contribution >= 0.6 is 11.6 Å². The van der Waals surface area contributed by atoms with E-state index in [4.69, 9.17) is 16.7 Å². The Morgan fingerprint density at radius 1 is 1.32 bits per heavy atom. The summed E-state index contributed by atoms with van der Waals surface area (Å²) in [6, 6.07) is 3.74. The van der Waals surface area contributed by atoms with Gasteiger partial charge in [-0.05, 0) is 25.0 Å². The number of rotatable bonds is 6. The van der Waals surface area contributed by atoms with E-state index in [9.17, 15) is 14.0 Å². The number of anilines is 1. The van der Waals surface area contributed by atoms with Crippen molar-refractivity contribution < 1.29 is 19.1 Å². The third kappa shape index (κ3) is 5.56. The highest BCUT2D eigenvalue weighted by atomic mass is 35.5. The molecule has 2 amide bonds. The Morgan fingerprint density at radius 2 is 2.05 bits per heavy atom. The van der Waals surface area contributed by atoms with Crippen LogP contribution in [0.1, 0.15) is 19.3 Å². The number of urea groups is 1. The average Bonchev–Trinajstić information content (AvgIpc) is 2.34. The monoisotopic (exact) mass is 288 g/mol. The van der Waals surface area contributed by atoms with Crippen LogP contribution in [0.4, 0.5) is 14.9 Å². The van der Waals surface area contributed by atoms with Gasteiger partial charge in [-0.25, -0.2) is 9.18 Å². The lowest BCUT2D eigenvalue weighted by Crippen LogP contribution is -2.29. The van der Waals surface area contributed by atoms with Gasteiger partial charge < -0.3 is 15.7 Å². The molecule has 104 valence electrons. The van der Waals surface area contributed by atoms with Crippen LogP contribution < -0.4 is 10.6 Å². The van der Waals surface area contributed by atoms with Crippen LogP contribution in [0.5, 0.6) is 0 Å². The Hall–Kier alpha value is -1.82. The number of amides is 2. The number of hydrogen-bond acceptors (Lipinski definition) is 2. The number of benzene rings is 1. The van der Waals surface area contributed by atoms with Gasteiger partial charge in [0.2, 0.25) is 0 Å². The maximum Gasteiger partial charge on any atom is 0.319 e. The molecule has 0 heterocycles. The zero-order valence-corrected chi connectivity index (χ0v) is 10.8. The molecule has 0 aliphatic heterocycles. The largest absolute Gasteiger partial charge is 0.481 e. The van der Waals surface area contributed by atoms with Crippen molar-refractivity contribution >= 4 is 29.3 Å². The van der Waals surface area contributed by atoms with Gasteiger partial charge in [0.15, 0.2) is 5.82 Å². The van der Waals surface area contributed by atoms with Crippen LogP contribution in [0.3, 0.4) is 0 Å². The van der Waals surface area contributed by atoms with Gasteiger partial charge in [-0.1, -0.05) is 17.7 Å².